The summed E-state index contributed by atoms with van der Waals surface area (Å²) in [5.74, 6) is 5.20. The molecule has 0 radical (unpaired) electrons. The molecular weight excluding hydrogens is 248 g/mol. The molecule has 0 fully saturated rings. The van der Waals surface area contributed by atoms with Gasteiger partial charge in [-0.2, -0.15) is 0 Å². The number of carbonyl (C=O) groups excluding carboxylic acids is 2. The van der Waals surface area contributed by atoms with Crippen molar-refractivity contribution in [3.63, 3.8) is 0 Å². The number of methoxy groups -OCH3 is 1. The highest BCUT2D eigenvalue weighted by atomic mass is 16.6. The number of hydrogen-bond acceptors (Lipinski definition) is 5. The highest BCUT2D eigenvalue weighted by Gasteiger charge is 2.21. The molecule has 0 heterocycles. The van der Waals surface area contributed by atoms with Crippen molar-refractivity contribution in [3.05, 3.63) is 29.8 Å². The van der Waals surface area contributed by atoms with Crippen molar-refractivity contribution in [2.45, 2.75) is 26.4 Å². The molecular formula is C13H18N2O4. The molecule has 0 spiro atoms. The molecule has 0 aliphatic rings. The molecule has 0 aliphatic carbocycles. The monoisotopic (exact) mass is 266 g/mol. The van der Waals surface area contributed by atoms with Crippen molar-refractivity contribution < 1.29 is 19.1 Å². The summed E-state index contributed by atoms with van der Waals surface area (Å²) in [6, 6.07) is 6.11. The number of amides is 1. The number of ether oxygens (including phenoxy) is 2. The van der Waals surface area contributed by atoms with Crippen LogP contribution in [-0.4, -0.2) is 24.8 Å². The quantitative estimate of drug-likeness (QED) is 0.383. The molecule has 6 nitrogen and oxygen atoms in total. The summed E-state index contributed by atoms with van der Waals surface area (Å²) in [4.78, 5) is 23.0. The number of nitrogens with zero attached hydrogens (tertiary/aromatic N) is 1. The molecule has 104 valence electrons. The molecule has 0 atom stereocenters. The van der Waals surface area contributed by atoms with E-state index in [1.807, 2.05) is 0 Å². The summed E-state index contributed by atoms with van der Waals surface area (Å²) in [5, 5.41) is 0.881. The van der Waals surface area contributed by atoms with Crippen molar-refractivity contribution >= 4 is 17.7 Å². The SMILES string of the molecule is COC(=O)c1ccc(N(N)C(=O)OC(C)(C)C)cc1. The van der Waals surface area contributed by atoms with Crippen molar-refractivity contribution in [2.75, 3.05) is 12.1 Å². The van der Waals surface area contributed by atoms with Crippen molar-refractivity contribution in [1.29, 1.82) is 0 Å². The first-order chi connectivity index (χ1) is 8.74. The number of hydrogen-bond donors (Lipinski definition) is 1. The molecule has 6 heteroatoms. The molecule has 0 aliphatic heterocycles. The summed E-state index contributed by atoms with van der Waals surface area (Å²) in [6.07, 6.45) is -0.668. The lowest BCUT2D eigenvalue weighted by Gasteiger charge is -2.24. The molecule has 19 heavy (non-hydrogen) atoms. The summed E-state index contributed by atoms with van der Waals surface area (Å²) < 4.78 is 9.70. The van der Waals surface area contributed by atoms with Crippen LogP contribution >= 0.6 is 0 Å². The van der Waals surface area contributed by atoms with Crippen LogP contribution < -0.4 is 10.9 Å². The summed E-state index contributed by atoms with van der Waals surface area (Å²) in [7, 11) is 1.30. The van der Waals surface area contributed by atoms with E-state index >= 15 is 0 Å². The van der Waals surface area contributed by atoms with E-state index in [4.69, 9.17) is 10.6 Å². The van der Waals surface area contributed by atoms with Crippen LogP contribution in [0.3, 0.4) is 0 Å². The molecule has 2 N–H and O–H groups in total. The third-order valence-corrected chi connectivity index (χ3v) is 2.16. The third kappa shape index (κ3) is 4.26. The van der Waals surface area contributed by atoms with Crippen LogP contribution in [0.5, 0.6) is 0 Å². The number of esters is 1. The lowest BCUT2D eigenvalue weighted by Crippen LogP contribution is -2.41. The van der Waals surface area contributed by atoms with E-state index in [9.17, 15) is 9.59 Å². The summed E-state index contributed by atoms with van der Waals surface area (Å²) in [5.41, 5.74) is 0.173. The second-order valence-corrected chi connectivity index (χ2v) is 4.89. The lowest BCUT2D eigenvalue weighted by atomic mass is 10.2. The average molecular weight is 266 g/mol. The molecule has 1 amide bonds. The van der Waals surface area contributed by atoms with Crippen LogP contribution in [0.1, 0.15) is 31.1 Å². The maximum absolute atomic E-state index is 11.7. The predicted molar refractivity (Wildman–Crippen MR) is 70.7 cm³/mol. The van der Waals surface area contributed by atoms with Crippen LogP contribution in [0.2, 0.25) is 0 Å². The van der Waals surface area contributed by atoms with E-state index < -0.39 is 17.7 Å². The molecule has 1 aromatic carbocycles. The Bertz CT molecular complexity index is 463. The van der Waals surface area contributed by atoms with E-state index in [-0.39, 0.29) is 0 Å². The number of rotatable bonds is 2. The molecule has 1 rings (SSSR count). The van der Waals surface area contributed by atoms with E-state index in [2.05, 4.69) is 4.74 Å². The lowest BCUT2D eigenvalue weighted by molar-refractivity contribution is 0.0577. The number of nitrogens with two attached hydrogens (primary N) is 1. The Balaban J connectivity index is 2.80. The Morgan fingerprint density at radius 2 is 1.68 bits per heavy atom. The minimum Gasteiger partial charge on any atom is -0.465 e. The number of hydrazine groups is 1. The van der Waals surface area contributed by atoms with Crippen molar-refractivity contribution in [1.82, 2.24) is 0 Å². The van der Waals surface area contributed by atoms with Crippen LogP contribution in [0.4, 0.5) is 10.5 Å². The zero-order chi connectivity index (χ0) is 14.6. The normalized spacial score (nSPS) is 10.8. The van der Waals surface area contributed by atoms with E-state index in [1.54, 1.807) is 20.8 Å². The molecule has 0 saturated heterocycles. The third-order valence-electron chi connectivity index (χ3n) is 2.16. The second-order valence-electron chi connectivity index (χ2n) is 4.89. The van der Waals surface area contributed by atoms with Gasteiger partial charge in [-0.25, -0.2) is 20.4 Å². The zero-order valence-electron chi connectivity index (χ0n) is 11.5. The number of anilines is 1. The Kier molecular flexibility index (Phi) is 4.50. The maximum Gasteiger partial charge on any atom is 0.429 e. The van der Waals surface area contributed by atoms with Gasteiger partial charge in [-0.3, -0.25) is 0 Å². The van der Waals surface area contributed by atoms with Gasteiger partial charge < -0.3 is 9.47 Å². The Labute approximate surface area is 112 Å². The van der Waals surface area contributed by atoms with Gasteiger partial charge in [-0.1, -0.05) is 0 Å². The van der Waals surface area contributed by atoms with Crippen LogP contribution in [0.15, 0.2) is 24.3 Å². The van der Waals surface area contributed by atoms with Gasteiger partial charge in [-0.15, -0.1) is 0 Å². The Morgan fingerprint density at radius 3 is 2.11 bits per heavy atom. The topological polar surface area (TPSA) is 81.9 Å². The van der Waals surface area contributed by atoms with Gasteiger partial charge in [0.15, 0.2) is 0 Å². The second kappa shape index (κ2) is 5.71. The fraction of sp³-hybridized carbons (Fsp3) is 0.385. The highest BCUT2D eigenvalue weighted by molar-refractivity contribution is 5.91. The molecule has 0 saturated carbocycles. The first kappa shape index (κ1) is 15.0. The van der Waals surface area contributed by atoms with Gasteiger partial charge in [0.25, 0.3) is 0 Å². The minimum atomic E-state index is -0.668. The first-order valence-electron chi connectivity index (χ1n) is 5.71. The average Bonchev–Trinajstić information content (AvgIpc) is 2.35. The molecule has 0 bridgehead atoms. The maximum atomic E-state index is 11.7. The molecule has 0 aromatic heterocycles. The minimum absolute atomic E-state index is 0.379. The largest absolute Gasteiger partial charge is 0.465 e. The van der Waals surface area contributed by atoms with Crippen LogP contribution in [-0.2, 0) is 9.47 Å². The molecule has 1 aromatic rings. The van der Waals surface area contributed by atoms with Crippen LogP contribution in [0, 0.1) is 0 Å². The summed E-state index contributed by atoms with van der Waals surface area (Å²) >= 11 is 0. The van der Waals surface area contributed by atoms with Crippen LogP contribution in [0.25, 0.3) is 0 Å². The summed E-state index contributed by atoms with van der Waals surface area (Å²) in [6.45, 7) is 5.25. The highest BCUT2D eigenvalue weighted by Crippen LogP contribution is 2.16. The van der Waals surface area contributed by atoms with Crippen molar-refractivity contribution in [3.8, 4) is 0 Å². The van der Waals surface area contributed by atoms with Gasteiger partial charge in [0, 0.05) is 0 Å². The fourth-order valence-corrected chi connectivity index (χ4v) is 1.29. The van der Waals surface area contributed by atoms with Gasteiger partial charge in [0.05, 0.1) is 18.4 Å². The fourth-order valence-electron chi connectivity index (χ4n) is 1.29. The van der Waals surface area contributed by atoms with Gasteiger partial charge in [0.2, 0.25) is 0 Å². The first-order valence-corrected chi connectivity index (χ1v) is 5.71. The van der Waals surface area contributed by atoms with Gasteiger partial charge in [0.1, 0.15) is 5.60 Å². The van der Waals surface area contributed by atoms with Gasteiger partial charge >= 0.3 is 12.1 Å². The standard InChI is InChI=1S/C13H18N2O4/c1-13(2,3)19-12(17)15(14)10-7-5-9(6-8-10)11(16)18-4/h5-8H,14H2,1-4H3. The predicted octanol–water partition coefficient (Wildman–Crippen LogP) is 2.09. The smallest absolute Gasteiger partial charge is 0.429 e. The number of benzene rings is 1. The Morgan fingerprint density at radius 1 is 1.16 bits per heavy atom. The molecule has 0 unspecified atom stereocenters. The zero-order valence-corrected chi connectivity index (χ0v) is 11.5. The van der Waals surface area contributed by atoms with E-state index in [0.717, 1.165) is 5.01 Å². The van der Waals surface area contributed by atoms with E-state index in [1.165, 1.54) is 31.4 Å². The number of carbonyl (C=O) groups is 2. The van der Waals surface area contributed by atoms with E-state index in [0.29, 0.717) is 11.3 Å². The van der Waals surface area contributed by atoms with Gasteiger partial charge in [-0.05, 0) is 45.0 Å². The Hall–Kier alpha value is -2.08. The van der Waals surface area contributed by atoms with Crippen molar-refractivity contribution in [2.24, 2.45) is 5.84 Å².